The van der Waals surface area contributed by atoms with Crippen molar-refractivity contribution in [3.05, 3.63) is 29.3 Å². The summed E-state index contributed by atoms with van der Waals surface area (Å²) >= 11 is 6.14. The normalized spacial score (nSPS) is 24.5. The van der Waals surface area contributed by atoms with Crippen molar-refractivity contribution in [3.8, 4) is 0 Å². The van der Waals surface area contributed by atoms with Gasteiger partial charge in [0.25, 0.3) is 0 Å². The van der Waals surface area contributed by atoms with Gasteiger partial charge in [-0.2, -0.15) is 18.3 Å². The number of amides is 1. The first-order chi connectivity index (χ1) is 11.3. The first-order valence-electron chi connectivity index (χ1n) is 7.29. The van der Waals surface area contributed by atoms with Gasteiger partial charge in [0.2, 0.25) is 5.91 Å². The molecule has 2 aliphatic rings. The Morgan fingerprint density at radius 1 is 1.38 bits per heavy atom. The van der Waals surface area contributed by atoms with Gasteiger partial charge in [0, 0.05) is 12.6 Å². The number of anilines is 1. The second-order valence-corrected chi connectivity index (χ2v) is 6.12. The Hall–Kier alpha value is -2.09. The van der Waals surface area contributed by atoms with Crippen molar-refractivity contribution in [1.82, 2.24) is 5.32 Å². The van der Waals surface area contributed by atoms with Gasteiger partial charge in [-0.1, -0.05) is 30.7 Å². The van der Waals surface area contributed by atoms with E-state index in [1.54, 1.807) is 24.3 Å². The van der Waals surface area contributed by atoms with Gasteiger partial charge in [-0.3, -0.25) is 4.79 Å². The molecule has 2 heterocycles. The molecule has 0 spiro atoms. The maximum absolute atomic E-state index is 12.7. The number of hydrogen-bond donors (Lipinski definition) is 1. The minimum absolute atomic E-state index is 0.00799. The lowest BCUT2D eigenvalue weighted by atomic mass is 10.0. The molecule has 5 nitrogen and oxygen atoms in total. The van der Waals surface area contributed by atoms with Crippen LogP contribution in [0.4, 0.5) is 18.9 Å². The number of halogens is 4. The Bertz CT molecular complexity index is 719. The summed E-state index contributed by atoms with van der Waals surface area (Å²) in [5.41, 5.74) is 0.546. The number of nitrogens with zero attached hydrogens (tertiary/aromatic N) is 3. The molecule has 2 unspecified atom stereocenters. The lowest BCUT2D eigenvalue weighted by molar-refractivity contribution is -0.167. The Labute approximate surface area is 141 Å². The zero-order chi connectivity index (χ0) is 17.5. The quantitative estimate of drug-likeness (QED) is 0.902. The zero-order valence-corrected chi connectivity index (χ0v) is 13.3. The van der Waals surface area contributed by atoms with Gasteiger partial charge in [-0.15, -0.1) is 0 Å². The Kier molecular flexibility index (Phi) is 4.25. The Morgan fingerprint density at radius 3 is 2.75 bits per heavy atom. The van der Waals surface area contributed by atoms with Gasteiger partial charge in [0.1, 0.15) is 11.8 Å². The van der Waals surface area contributed by atoms with Crippen LogP contribution in [-0.2, 0) is 4.79 Å². The van der Waals surface area contributed by atoms with E-state index < -0.39 is 36.5 Å². The maximum atomic E-state index is 12.7. The summed E-state index contributed by atoms with van der Waals surface area (Å²) in [4.78, 5) is 16.4. The van der Waals surface area contributed by atoms with Crippen LogP contribution < -0.4 is 10.3 Å². The first-order valence-corrected chi connectivity index (χ1v) is 7.67. The van der Waals surface area contributed by atoms with Gasteiger partial charge < -0.3 is 5.32 Å². The molecule has 0 radical (unpaired) electrons. The molecule has 1 aromatic rings. The van der Waals surface area contributed by atoms with Gasteiger partial charge in [0.05, 0.1) is 16.6 Å². The molecular weight excluding hydrogens is 345 g/mol. The average molecular weight is 359 g/mol. The highest BCUT2D eigenvalue weighted by atomic mass is 35.5. The fourth-order valence-electron chi connectivity index (χ4n) is 2.55. The predicted molar refractivity (Wildman–Crippen MR) is 85.1 cm³/mol. The number of carbonyl (C=O) groups excluding carboxylic acids is 1. The molecule has 0 bridgehead atoms. The number of amidine groups is 1. The highest BCUT2D eigenvalue weighted by Gasteiger charge is 2.43. The number of aliphatic imine (C=N–C) groups is 1. The number of rotatable bonds is 3. The lowest BCUT2D eigenvalue weighted by Crippen LogP contribution is -2.49. The summed E-state index contributed by atoms with van der Waals surface area (Å²) < 4.78 is 38.2. The molecule has 0 saturated carbocycles. The zero-order valence-electron chi connectivity index (χ0n) is 12.6. The van der Waals surface area contributed by atoms with Crippen molar-refractivity contribution in [2.24, 2.45) is 21.9 Å². The van der Waals surface area contributed by atoms with E-state index in [2.05, 4.69) is 15.4 Å². The number of hydrogen-bond acceptors (Lipinski definition) is 4. The molecule has 2 aliphatic heterocycles. The van der Waals surface area contributed by atoms with Crippen molar-refractivity contribution >= 4 is 35.2 Å². The minimum Gasteiger partial charge on any atom is -0.314 e. The predicted octanol–water partition coefficient (Wildman–Crippen LogP) is 3.20. The molecule has 0 saturated heterocycles. The number of hydrazone groups is 1. The molecule has 128 valence electrons. The number of carbonyl (C=O) groups is 1. The standard InChI is InChI=1S/C15H14ClF3N4O/c1-8(15(17,18)19)6-12-21-13-9(14(24)22-12)7-20-23(13)11-5-3-2-4-10(11)16/h2-5,7-9,13H,6H2,1H3,(H,21,22,24)/t8-,9?,13?/m1/s1. The van der Waals surface area contributed by atoms with Gasteiger partial charge >= 0.3 is 6.18 Å². The summed E-state index contributed by atoms with van der Waals surface area (Å²) in [5.74, 6) is -2.68. The van der Waals surface area contributed by atoms with E-state index >= 15 is 0 Å². The summed E-state index contributed by atoms with van der Waals surface area (Å²) in [6.07, 6.45) is -4.04. The largest absolute Gasteiger partial charge is 0.391 e. The minimum atomic E-state index is -4.35. The number of para-hydroxylation sites is 1. The third kappa shape index (κ3) is 3.10. The van der Waals surface area contributed by atoms with E-state index in [4.69, 9.17) is 11.6 Å². The lowest BCUT2D eigenvalue weighted by Gasteiger charge is -2.30. The molecule has 3 rings (SSSR count). The molecular formula is C15H14ClF3N4O. The van der Waals surface area contributed by atoms with Crippen molar-refractivity contribution < 1.29 is 18.0 Å². The molecule has 0 aromatic heterocycles. The summed E-state index contributed by atoms with van der Waals surface area (Å²) in [5, 5.41) is 8.48. The van der Waals surface area contributed by atoms with Crippen molar-refractivity contribution in [3.63, 3.8) is 0 Å². The number of benzene rings is 1. The van der Waals surface area contributed by atoms with Crippen LogP contribution >= 0.6 is 11.6 Å². The number of alkyl halides is 3. The summed E-state index contributed by atoms with van der Waals surface area (Å²) in [6.45, 7) is 1.05. The van der Waals surface area contributed by atoms with Crippen LogP contribution in [0.3, 0.4) is 0 Å². The summed E-state index contributed by atoms with van der Waals surface area (Å²) in [6, 6.07) is 6.88. The van der Waals surface area contributed by atoms with Crippen LogP contribution in [0, 0.1) is 11.8 Å². The van der Waals surface area contributed by atoms with Crippen molar-refractivity contribution in [2.75, 3.05) is 5.01 Å². The maximum Gasteiger partial charge on any atom is 0.391 e. The van der Waals surface area contributed by atoms with E-state index in [9.17, 15) is 18.0 Å². The van der Waals surface area contributed by atoms with Crippen LogP contribution in [0.25, 0.3) is 0 Å². The van der Waals surface area contributed by atoms with E-state index in [1.165, 1.54) is 11.2 Å². The molecule has 1 aromatic carbocycles. The second-order valence-electron chi connectivity index (χ2n) is 5.71. The molecule has 1 amide bonds. The monoisotopic (exact) mass is 358 g/mol. The van der Waals surface area contributed by atoms with Crippen LogP contribution in [0.2, 0.25) is 5.02 Å². The fourth-order valence-corrected chi connectivity index (χ4v) is 2.77. The van der Waals surface area contributed by atoms with Crippen molar-refractivity contribution in [2.45, 2.75) is 25.7 Å². The highest BCUT2D eigenvalue weighted by Crippen LogP contribution is 2.34. The highest BCUT2D eigenvalue weighted by molar-refractivity contribution is 6.33. The van der Waals surface area contributed by atoms with E-state index in [1.807, 2.05) is 0 Å². The number of fused-ring (bicyclic) bond motifs is 1. The fraction of sp³-hybridized carbons (Fsp3) is 0.400. The van der Waals surface area contributed by atoms with Crippen LogP contribution in [0.5, 0.6) is 0 Å². The van der Waals surface area contributed by atoms with Crippen molar-refractivity contribution in [1.29, 1.82) is 0 Å². The van der Waals surface area contributed by atoms with Gasteiger partial charge in [-0.25, -0.2) is 10.0 Å². The number of nitrogens with one attached hydrogen (secondary N) is 1. The smallest absolute Gasteiger partial charge is 0.314 e. The Balaban J connectivity index is 1.88. The van der Waals surface area contributed by atoms with E-state index in [0.717, 1.165) is 6.92 Å². The third-order valence-corrected chi connectivity index (χ3v) is 4.26. The summed E-state index contributed by atoms with van der Waals surface area (Å²) in [7, 11) is 0. The van der Waals surface area contributed by atoms with Crippen LogP contribution in [-0.4, -0.2) is 30.3 Å². The molecule has 24 heavy (non-hydrogen) atoms. The molecule has 3 atom stereocenters. The van der Waals surface area contributed by atoms with Crippen LogP contribution in [0.1, 0.15) is 13.3 Å². The second kappa shape index (κ2) is 6.08. The SMILES string of the molecule is C[C@H](CC1=NC2C(C=NN2c2ccccc2Cl)C(=O)N1)C(F)(F)F. The van der Waals surface area contributed by atoms with Gasteiger partial charge in [0.15, 0.2) is 6.17 Å². The first kappa shape index (κ1) is 16.8. The topological polar surface area (TPSA) is 57.1 Å². The van der Waals surface area contributed by atoms with E-state index in [-0.39, 0.29) is 5.84 Å². The van der Waals surface area contributed by atoms with Gasteiger partial charge in [-0.05, 0) is 12.1 Å². The molecule has 0 aliphatic carbocycles. The molecule has 1 N–H and O–H groups in total. The third-order valence-electron chi connectivity index (χ3n) is 3.94. The van der Waals surface area contributed by atoms with E-state index in [0.29, 0.717) is 10.7 Å². The van der Waals surface area contributed by atoms with Crippen LogP contribution in [0.15, 0.2) is 34.4 Å². The molecule has 9 heteroatoms. The average Bonchev–Trinajstić information content (AvgIpc) is 2.91. The Morgan fingerprint density at radius 2 is 2.08 bits per heavy atom. The molecule has 0 fully saturated rings.